The molecule has 3 nitrogen and oxygen atoms in total. The minimum Gasteiger partial charge on any atom is -0.339 e. The van der Waals surface area contributed by atoms with Crippen molar-refractivity contribution in [2.24, 2.45) is 0 Å². The molecule has 1 fully saturated rings. The molecule has 0 atom stereocenters. The Morgan fingerprint density at radius 3 is 2.76 bits per heavy atom. The smallest absolute Gasteiger partial charge is 0.246 e. The van der Waals surface area contributed by atoms with Gasteiger partial charge in [-0.1, -0.05) is 17.7 Å². The van der Waals surface area contributed by atoms with E-state index in [9.17, 15) is 4.79 Å². The Bertz CT molecular complexity index is 685. The van der Waals surface area contributed by atoms with Crippen molar-refractivity contribution in [2.45, 2.75) is 26.2 Å². The summed E-state index contributed by atoms with van der Waals surface area (Å²) in [5.41, 5.74) is 3.03. The van der Waals surface area contributed by atoms with E-state index < -0.39 is 0 Å². The molecule has 0 N–H and O–H groups in total. The Morgan fingerprint density at radius 2 is 1.95 bits per heavy atom. The molecule has 21 heavy (non-hydrogen) atoms. The number of benzene rings is 1. The minimum absolute atomic E-state index is 0.0977. The van der Waals surface area contributed by atoms with Crippen molar-refractivity contribution in [3.63, 3.8) is 0 Å². The van der Waals surface area contributed by atoms with Gasteiger partial charge in [-0.15, -0.1) is 0 Å². The van der Waals surface area contributed by atoms with Gasteiger partial charge in [-0.3, -0.25) is 4.79 Å². The Hall–Kier alpha value is -2.16. The van der Waals surface area contributed by atoms with Crippen LogP contribution < -0.4 is 0 Å². The Labute approximate surface area is 125 Å². The van der Waals surface area contributed by atoms with Crippen molar-refractivity contribution in [3.8, 4) is 0 Å². The number of fused-ring (bicyclic) bond motifs is 1. The van der Waals surface area contributed by atoms with E-state index in [0.717, 1.165) is 42.5 Å². The van der Waals surface area contributed by atoms with Crippen molar-refractivity contribution in [3.05, 3.63) is 47.7 Å². The first-order valence-corrected chi connectivity index (χ1v) is 7.57. The maximum absolute atomic E-state index is 12.1. The molecule has 1 aromatic carbocycles. The Morgan fingerprint density at radius 1 is 1.14 bits per heavy atom. The molecule has 0 radical (unpaired) electrons. The molecule has 0 aliphatic carbocycles. The Balaban J connectivity index is 1.76. The van der Waals surface area contributed by atoms with Gasteiger partial charge in [0, 0.05) is 24.6 Å². The molecule has 1 aliphatic heterocycles. The van der Waals surface area contributed by atoms with Gasteiger partial charge in [-0.25, -0.2) is 4.98 Å². The lowest BCUT2D eigenvalue weighted by molar-refractivity contribution is -0.126. The summed E-state index contributed by atoms with van der Waals surface area (Å²) in [7, 11) is 0. The zero-order valence-corrected chi connectivity index (χ0v) is 12.4. The fourth-order valence-corrected chi connectivity index (χ4v) is 2.73. The number of likely N-dealkylation sites (tertiary alicyclic amines) is 1. The van der Waals surface area contributed by atoms with Crippen molar-refractivity contribution in [1.82, 2.24) is 9.88 Å². The van der Waals surface area contributed by atoms with Crippen molar-refractivity contribution >= 4 is 22.9 Å². The van der Waals surface area contributed by atoms with Gasteiger partial charge in [0.05, 0.1) is 11.2 Å². The second-order valence-corrected chi connectivity index (χ2v) is 5.65. The molecule has 0 spiro atoms. The zero-order chi connectivity index (χ0) is 14.7. The number of aromatic nitrogens is 1. The number of piperidine rings is 1. The van der Waals surface area contributed by atoms with Gasteiger partial charge in [0.25, 0.3) is 0 Å². The largest absolute Gasteiger partial charge is 0.339 e. The molecule has 0 saturated carbocycles. The third kappa shape index (κ3) is 3.30. The van der Waals surface area contributed by atoms with E-state index in [1.165, 1.54) is 12.0 Å². The monoisotopic (exact) mass is 280 g/mol. The molecule has 1 saturated heterocycles. The number of carbonyl (C=O) groups excluding carboxylic acids is 1. The molecule has 3 heteroatoms. The summed E-state index contributed by atoms with van der Waals surface area (Å²) >= 11 is 0. The van der Waals surface area contributed by atoms with Gasteiger partial charge < -0.3 is 4.90 Å². The summed E-state index contributed by atoms with van der Waals surface area (Å²) in [4.78, 5) is 18.6. The van der Waals surface area contributed by atoms with E-state index in [4.69, 9.17) is 0 Å². The molecule has 2 aromatic rings. The number of amides is 1. The molecule has 0 unspecified atom stereocenters. The third-order valence-electron chi connectivity index (χ3n) is 3.93. The van der Waals surface area contributed by atoms with Gasteiger partial charge in [-0.2, -0.15) is 0 Å². The third-order valence-corrected chi connectivity index (χ3v) is 3.93. The standard InChI is InChI=1S/C18H20N2O/c1-14-5-9-17-15(13-14)6-7-16(19-17)8-10-18(21)20-11-3-2-4-12-20/h5-10,13H,2-4,11-12H2,1H3/b10-8+. The molecular formula is C18H20N2O. The van der Waals surface area contributed by atoms with Crippen molar-refractivity contribution in [1.29, 1.82) is 0 Å². The van der Waals surface area contributed by atoms with E-state index >= 15 is 0 Å². The summed E-state index contributed by atoms with van der Waals surface area (Å²) in [5, 5.41) is 1.13. The van der Waals surface area contributed by atoms with E-state index in [2.05, 4.69) is 30.1 Å². The molecule has 1 aromatic heterocycles. The highest BCUT2D eigenvalue weighted by Gasteiger charge is 2.13. The molecule has 0 bridgehead atoms. The number of hydrogen-bond acceptors (Lipinski definition) is 2. The highest BCUT2D eigenvalue weighted by molar-refractivity contribution is 5.92. The number of carbonyl (C=O) groups is 1. The maximum atomic E-state index is 12.1. The van der Waals surface area contributed by atoms with Crippen LogP contribution in [0.15, 0.2) is 36.4 Å². The second-order valence-electron chi connectivity index (χ2n) is 5.65. The first kappa shape index (κ1) is 13.8. The zero-order valence-electron chi connectivity index (χ0n) is 12.4. The van der Waals surface area contributed by atoms with Gasteiger partial charge >= 0.3 is 0 Å². The van der Waals surface area contributed by atoms with Crippen LogP contribution in [-0.4, -0.2) is 28.9 Å². The fourth-order valence-electron chi connectivity index (χ4n) is 2.73. The molecule has 2 heterocycles. The molecular weight excluding hydrogens is 260 g/mol. The first-order chi connectivity index (χ1) is 10.2. The molecule has 1 aliphatic rings. The van der Waals surface area contributed by atoms with Crippen LogP contribution in [0.1, 0.15) is 30.5 Å². The van der Waals surface area contributed by atoms with E-state index in [1.54, 1.807) is 6.08 Å². The van der Waals surface area contributed by atoms with Gasteiger partial charge in [0.2, 0.25) is 5.91 Å². The predicted octanol–water partition coefficient (Wildman–Crippen LogP) is 3.57. The maximum Gasteiger partial charge on any atom is 0.246 e. The van der Waals surface area contributed by atoms with E-state index in [0.29, 0.717) is 0 Å². The summed E-state index contributed by atoms with van der Waals surface area (Å²) in [6, 6.07) is 10.2. The average Bonchev–Trinajstić information content (AvgIpc) is 2.53. The lowest BCUT2D eigenvalue weighted by atomic mass is 10.1. The molecule has 108 valence electrons. The first-order valence-electron chi connectivity index (χ1n) is 7.57. The normalized spacial score (nSPS) is 15.8. The SMILES string of the molecule is Cc1ccc2nc(/C=C/C(=O)N3CCCCC3)ccc2c1. The van der Waals surface area contributed by atoms with Gasteiger partial charge in [0.1, 0.15) is 0 Å². The Kier molecular flexibility index (Phi) is 4.00. The topological polar surface area (TPSA) is 33.2 Å². The summed E-state index contributed by atoms with van der Waals surface area (Å²) in [6.07, 6.45) is 6.93. The minimum atomic E-state index is 0.0977. The lowest BCUT2D eigenvalue weighted by Gasteiger charge is -2.25. The van der Waals surface area contributed by atoms with Gasteiger partial charge in [0.15, 0.2) is 0 Å². The number of nitrogens with zero attached hydrogens (tertiary/aromatic N) is 2. The number of aryl methyl sites for hydroxylation is 1. The van der Waals surface area contributed by atoms with Crippen LogP contribution in [0.25, 0.3) is 17.0 Å². The van der Waals surface area contributed by atoms with Gasteiger partial charge in [-0.05, 0) is 50.5 Å². The number of pyridine rings is 1. The van der Waals surface area contributed by atoms with Crippen LogP contribution in [0.5, 0.6) is 0 Å². The molecule has 1 amide bonds. The lowest BCUT2D eigenvalue weighted by Crippen LogP contribution is -2.34. The van der Waals surface area contributed by atoms with Crippen molar-refractivity contribution in [2.75, 3.05) is 13.1 Å². The number of hydrogen-bond donors (Lipinski definition) is 0. The van der Waals surface area contributed by atoms with Crippen LogP contribution in [0.2, 0.25) is 0 Å². The van der Waals surface area contributed by atoms with Crippen LogP contribution in [0, 0.1) is 6.92 Å². The number of rotatable bonds is 2. The molecule has 3 rings (SSSR count). The van der Waals surface area contributed by atoms with Crippen LogP contribution in [0.4, 0.5) is 0 Å². The summed E-state index contributed by atoms with van der Waals surface area (Å²) in [6.45, 7) is 3.84. The van der Waals surface area contributed by atoms with E-state index in [-0.39, 0.29) is 5.91 Å². The average molecular weight is 280 g/mol. The quantitative estimate of drug-likeness (QED) is 0.788. The van der Waals surface area contributed by atoms with Crippen LogP contribution in [0.3, 0.4) is 0 Å². The van der Waals surface area contributed by atoms with Crippen LogP contribution in [-0.2, 0) is 4.79 Å². The van der Waals surface area contributed by atoms with E-state index in [1.807, 2.05) is 23.1 Å². The summed E-state index contributed by atoms with van der Waals surface area (Å²) < 4.78 is 0. The van der Waals surface area contributed by atoms with Crippen molar-refractivity contribution < 1.29 is 4.79 Å². The summed E-state index contributed by atoms with van der Waals surface area (Å²) in [5.74, 6) is 0.0977. The highest BCUT2D eigenvalue weighted by atomic mass is 16.2. The predicted molar refractivity (Wildman–Crippen MR) is 85.9 cm³/mol. The highest BCUT2D eigenvalue weighted by Crippen LogP contribution is 2.15. The second kappa shape index (κ2) is 6.08. The fraction of sp³-hybridized carbons (Fsp3) is 0.333. The van der Waals surface area contributed by atoms with Crippen LogP contribution >= 0.6 is 0 Å².